The topological polar surface area (TPSA) is 34.1 Å². The van der Waals surface area contributed by atoms with E-state index in [9.17, 15) is 4.39 Å². The van der Waals surface area contributed by atoms with Gasteiger partial charge in [0, 0.05) is 10.9 Å². The lowest BCUT2D eigenvalue weighted by Crippen LogP contribution is -2.10. The number of nitrogens with zero attached hydrogens (tertiary/aromatic N) is 1. The number of benzene rings is 1. The van der Waals surface area contributed by atoms with E-state index in [4.69, 9.17) is 4.84 Å². The SMILES string of the molecule is CONCc1csc(-c2ccc(F)cc2)n1. The zero-order valence-electron chi connectivity index (χ0n) is 8.74. The third-order valence-corrected chi connectivity index (χ3v) is 2.98. The summed E-state index contributed by atoms with van der Waals surface area (Å²) in [7, 11) is 1.56. The Balaban J connectivity index is 2.15. The lowest BCUT2D eigenvalue weighted by Gasteiger charge is -1.97. The van der Waals surface area contributed by atoms with Gasteiger partial charge in [0.25, 0.3) is 0 Å². The van der Waals surface area contributed by atoms with Crippen molar-refractivity contribution in [3.63, 3.8) is 0 Å². The summed E-state index contributed by atoms with van der Waals surface area (Å²) in [6.07, 6.45) is 0. The van der Waals surface area contributed by atoms with Crippen molar-refractivity contribution in [1.82, 2.24) is 10.5 Å². The largest absolute Gasteiger partial charge is 0.305 e. The van der Waals surface area contributed by atoms with Gasteiger partial charge in [-0.1, -0.05) is 0 Å². The number of nitrogens with one attached hydrogen (secondary N) is 1. The van der Waals surface area contributed by atoms with Gasteiger partial charge in [-0.05, 0) is 24.3 Å². The zero-order chi connectivity index (χ0) is 11.4. The van der Waals surface area contributed by atoms with E-state index in [0.29, 0.717) is 6.54 Å². The summed E-state index contributed by atoms with van der Waals surface area (Å²) >= 11 is 1.53. The minimum Gasteiger partial charge on any atom is -0.305 e. The van der Waals surface area contributed by atoms with Gasteiger partial charge in [0.1, 0.15) is 10.8 Å². The van der Waals surface area contributed by atoms with E-state index in [-0.39, 0.29) is 5.82 Å². The molecule has 1 aromatic heterocycles. The molecule has 0 spiro atoms. The van der Waals surface area contributed by atoms with Crippen LogP contribution in [0.3, 0.4) is 0 Å². The second kappa shape index (κ2) is 5.16. The van der Waals surface area contributed by atoms with Crippen LogP contribution in [0.5, 0.6) is 0 Å². The minimum absolute atomic E-state index is 0.235. The van der Waals surface area contributed by atoms with Gasteiger partial charge in [-0.2, -0.15) is 5.48 Å². The average molecular weight is 238 g/mol. The first-order chi connectivity index (χ1) is 7.79. The highest BCUT2D eigenvalue weighted by atomic mass is 32.1. The monoisotopic (exact) mass is 238 g/mol. The van der Waals surface area contributed by atoms with Gasteiger partial charge in [0.15, 0.2) is 0 Å². The van der Waals surface area contributed by atoms with Crippen LogP contribution in [0.2, 0.25) is 0 Å². The van der Waals surface area contributed by atoms with Crippen LogP contribution in [0.25, 0.3) is 10.6 Å². The fourth-order valence-electron chi connectivity index (χ4n) is 1.26. The summed E-state index contributed by atoms with van der Waals surface area (Å²) in [5, 5.41) is 2.83. The Morgan fingerprint density at radius 1 is 1.38 bits per heavy atom. The van der Waals surface area contributed by atoms with Gasteiger partial charge < -0.3 is 4.84 Å². The Morgan fingerprint density at radius 2 is 2.12 bits per heavy atom. The molecule has 2 rings (SSSR count). The maximum Gasteiger partial charge on any atom is 0.123 e. The second-order valence-corrected chi connectivity index (χ2v) is 4.03. The van der Waals surface area contributed by atoms with Gasteiger partial charge in [0.05, 0.1) is 19.3 Å². The molecule has 0 saturated carbocycles. The molecule has 2 aromatic rings. The van der Waals surface area contributed by atoms with Crippen molar-refractivity contribution in [3.05, 3.63) is 41.2 Å². The number of aromatic nitrogens is 1. The Kier molecular flexibility index (Phi) is 3.61. The molecule has 0 bridgehead atoms. The molecule has 1 N–H and O–H groups in total. The Bertz CT molecular complexity index is 455. The number of halogens is 1. The molecule has 84 valence electrons. The molecule has 0 amide bonds. The van der Waals surface area contributed by atoms with Crippen molar-refractivity contribution in [2.75, 3.05) is 7.11 Å². The highest BCUT2D eigenvalue weighted by Gasteiger charge is 2.04. The Labute approximate surface area is 96.9 Å². The highest BCUT2D eigenvalue weighted by Crippen LogP contribution is 2.23. The molecule has 0 atom stereocenters. The first kappa shape index (κ1) is 11.2. The summed E-state index contributed by atoms with van der Waals surface area (Å²) in [5.74, 6) is -0.235. The highest BCUT2D eigenvalue weighted by molar-refractivity contribution is 7.13. The van der Waals surface area contributed by atoms with Crippen molar-refractivity contribution in [2.45, 2.75) is 6.54 Å². The van der Waals surface area contributed by atoms with Crippen molar-refractivity contribution in [1.29, 1.82) is 0 Å². The average Bonchev–Trinajstić information content (AvgIpc) is 2.76. The van der Waals surface area contributed by atoms with E-state index in [1.165, 1.54) is 23.5 Å². The molecular formula is C11H11FN2OS. The molecule has 16 heavy (non-hydrogen) atoms. The van der Waals surface area contributed by atoms with E-state index in [1.807, 2.05) is 5.38 Å². The predicted molar refractivity (Wildman–Crippen MR) is 61.4 cm³/mol. The number of thiazole rings is 1. The smallest absolute Gasteiger partial charge is 0.123 e. The fraction of sp³-hybridized carbons (Fsp3) is 0.182. The van der Waals surface area contributed by atoms with Crippen molar-refractivity contribution >= 4 is 11.3 Å². The van der Waals surface area contributed by atoms with Gasteiger partial charge in [-0.25, -0.2) is 9.37 Å². The third kappa shape index (κ3) is 2.63. The van der Waals surface area contributed by atoms with Crippen LogP contribution in [-0.4, -0.2) is 12.1 Å². The van der Waals surface area contributed by atoms with E-state index < -0.39 is 0 Å². The maximum atomic E-state index is 12.7. The summed E-state index contributed by atoms with van der Waals surface area (Å²) in [5.41, 5.74) is 4.56. The van der Waals surface area contributed by atoms with Crippen LogP contribution in [0, 0.1) is 5.82 Å². The molecule has 0 aliphatic carbocycles. The molecule has 0 unspecified atom stereocenters. The second-order valence-electron chi connectivity index (χ2n) is 3.18. The van der Waals surface area contributed by atoms with E-state index in [2.05, 4.69) is 10.5 Å². The van der Waals surface area contributed by atoms with Crippen molar-refractivity contribution in [3.8, 4) is 10.6 Å². The number of rotatable bonds is 4. The number of hydroxylamine groups is 1. The van der Waals surface area contributed by atoms with Crippen molar-refractivity contribution < 1.29 is 9.23 Å². The summed E-state index contributed by atoms with van der Waals surface area (Å²) in [6.45, 7) is 0.564. The van der Waals surface area contributed by atoms with Gasteiger partial charge in [0.2, 0.25) is 0 Å². The normalized spacial score (nSPS) is 10.6. The number of hydrogen-bond donors (Lipinski definition) is 1. The molecule has 0 aliphatic heterocycles. The van der Waals surface area contributed by atoms with E-state index in [1.54, 1.807) is 19.2 Å². The number of hydrogen-bond acceptors (Lipinski definition) is 4. The molecule has 0 fully saturated rings. The molecule has 5 heteroatoms. The predicted octanol–water partition coefficient (Wildman–Crippen LogP) is 2.60. The fourth-order valence-corrected chi connectivity index (χ4v) is 2.09. The molecule has 0 aliphatic rings. The molecular weight excluding hydrogens is 227 g/mol. The summed E-state index contributed by atoms with van der Waals surface area (Å²) in [6, 6.07) is 6.32. The van der Waals surface area contributed by atoms with Gasteiger partial charge in [-0.3, -0.25) is 0 Å². The molecule has 0 radical (unpaired) electrons. The van der Waals surface area contributed by atoms with Crippen LogP contribution in [-0.2, 0) is 11.4 Å². The first-order valence-corrected chi connectivity index (χ1v) is 5.64. The quantitative estimate of drug-likeness (QED) is 0.831. The molecule has 1 aromatic carbocycles. The van der Waals surface area contributed by atoms with E-state index in [0.717, 1.165) is 16.3 Å². The van der Waals surface area contributed by atoms with Crippen LogP contribution in [0.15, 0.2) is 29.6 Å². The third-order valence-electron chi connectivity index (χ3n) is 2.04. The van der Waals surface area contributed by atoms with E-state index >= 15 is 0 Å². The Morgan fingerprint density at radius 3 is 2.81 bits per heavy atom. The zero-order valence-corrected chi connectivity index (χ0v) is 9.55. The van der Waals surface area contributed by atoms with Crippen LogP contribution < -0.4 is 5.48 Å². The van der Waals surface area contributed by atoms with Crippen LogP contribution in [0.1, 0.15) is 5.69 Å². The van der Waals surface area contributed by atoms with Crippen LogP contribution >= 0.6 is 11.3 Å². The standard InChI is InChI=1S/C11H11FN2OS/c1-15-13-6-10-7-16-11(14-10)8-2-4-9(12)5-3-8/h2-5,7,13H,6H2,1H3. The minimum atomic E-state index is -0.235. The van der Waals surface area contributed by atoms with Crippen LogP contribution in [0.4, 0.5) is 4.39 Å². The lowest BCUT2D eigenvalue weighted by molar-refractivity contribution is 0.0860. The van der Waals surface area contributed by atoms with Crippen molar-refractivity contribution in [2.24, 2.45) is 0 Å². The Hall–Kier alpha value is -1.30. The summed E-state index contributed by atoms with van der Waals surface area (Å²) in [4.78, 5) is 9.14. The first-order valence-electron chi connectivity index (χ1n) is 4.76. The molecule has 0 saturated heterocycles. The van der Waals surface area contributed by atoms with Gasteiger partial charge >= 0.3 is 0 Å². The van der Waals surface area contributed by atoms with Gasteiger partial charge in [-0.15, -0.1) is 11.3 Å². The summed E-state index contributed by atoms with van der Waals surface area (Å²) < 4.78 is 12.7. The lowest BCUT2D eigenvalue weighted by atomic mass is 10.2. The molecule has 3 nitrogen and oxygen atoms in total. The molecule has 1 heterocycles. The maximum absolute atomic E-state index is 12.7.